The minimum atomic E-state index is -0.193. The Balaban J connectivity index is 2.43. The van der Waals surface area contributed by atoms with Crippen LogP contribution >= 0.6 is 11.3 Å². The van der Waals surface area contributed by atoms with Crippen molar-refractivity contribution in [3.05, 3.63) is 15.8 Å². The molecule has 1 aromatic rings. The molecule has 0 saturated carbocycles. The molecule has 0 bridgehead atoms. The molecule has 0 aromatic carbocycles. The summed E-state index contributed by atoms with van der Waals surface area (Å²) in [6.45, 7) is 3.03. The van der Waals surface area contributed by atoms with Crippen molar-refractivity contribution in [2.75, 3.05) is 39.6 Å². The summed E-state index contributed by atoms with van der Waals surface area (Å²) in [6, 6.07) is 1.65. The molecular weight excluding hydrogens is 278 g/mol. The second-order valence-electron chi connectivity index (χ2n) is 4.48. The van der Waals surface area contributed by atoms with Crippen molar-refractivity contribution < 1.29 is 14.3 Å². The lowest BCUT2D eigenvalue weighted by Gasteiger charge is -2.15. The van der Waals surface area contributed by atoms with Crippen LogP contribution in [0.3, 0.4) is 0 Å². The fourth-order valence-electron chi connectivity index (χ4n) is 1.58. The highest BCUT2D eigenvalue weighted by Gasteiger charge is 2.17. The lowest BCUT2D eigenvalue weighted by Crippen LogP contribution is -2.38. The predicted molar refractivity (Wildman–Crippen MR) is 79.9 cm³/mol. The van der Waals surface area contributed by atoms with Crippen molar-refractivity contribution in [1.29, 1.82) is 0 Å². The molecule has 0 aliphatic carbocycles. The van der Waals surface area contributed by atoms with Crippen LogP contribution in [0.1, 0.15) is 21.0 Å². The summed E-state index contributed by atoms with van der Waals surface area (Å²) in [5, 5.41) is 2.74. The first-order valence-corrected chi connectivity index (χ1v) is 7.14. The lowest BCUT2D eigenvalue weighted by atomic mass is 10.3. The highest BCUT2D eigenvalue weighted by molar-refractivity contribution is 7.14. The molecule has 0 aliphatic heterocycles. The first kappa shape index (κ1) is 16.5. The van der Waals surface area contributed by atoms with Gasteiger partial charge < -0.3 is 20.7 Å². The fourth-order valence-corrected chi connectivity index (χ4v) is 2.51. The Bertz CT molecular complexity index is 454. The van der Waals surface area contributed by atoms with Crippen molar-refractivity contribution in [2.45, 2.75) is 13.3 Å². The average molecular weight is 299 g/mol. The SMILES string of the molecule is COCCCNC(=O)CN(C)C(=O)c1cc(N)c(C)s1. The van der Waals surface area contributed by atoms with Gasteiger partial charge in [0.15, 0.2) is 0 Å². The van der Waals surface area contributed by atoms with Gasteiger partial charge in [0, 0.05) is 37.9 Å². The number of methoxy groups -OCH3 is 1. The molecule has 0 spiro atoms. The highest BCUT2D eigenvalue weighted by atomic mass is 32.1. The molecule has 0 saturated heterocycles. The summed E-state index contributed by atoms with van der Waals surface area (Å²) >= 11 is 1.34. The number of amides is 2. The summed E-state index contributed by atoms with van der Waals surface area (Å²) < 4.78 is 4.89. The van der Waals surface area contributed by atoms with Crippen molar-refractivity contribution in [3.63, 3.8) is 0 Å². The van der Waals surface area contributed by atoms with E-state index < -0.39 is 0 Å². The van der Waals surface area contributed by atoms with Crippen molar-refractivity contribution in [1.82, 2.24) is 10.2 Å². The summed E-state index contributed by atoms with van der Waals surface area (Å²) in [7, 11) is 3.21. The van der Waals surface area contributed by atoms with Gasteiger partial charge in [0.2, 0.25) is 5.91 Å². The molecular formula is C13H21N3O3S. The van der Waals surface area contributed by atoms with E-state index in [1.807, 2.05) is 6.92 Å². The minimum Gasteiger partial charge on any atom is -0.398 e. The maximum Gasteiger partial charge on any atom is 0.264 e. The standard InChI is InChI=1S/C13H21N3O3S/c1-9-10(14)7-11(20-9)13(18)16(2)8-12(17)15-5-4-6-19-3/h7H,4-6,8,14H2,1-3H3,(H,15,17). The zero-order valence-electron chi connectivity index (χ0n) is 12.1. The van der Waals surface area contributed by atoms with Gasteiger partial charge in [0.05, 0.1) is 11.4 Å². The largest absolute Gasteiger partial charge is 0.398 e. The molecule has 7 heteroatoms. The van der Waals surface area contributed by atoms with Gasteiger partial charge in [-0.2, -0.15) is 0 Å². The number of carbonyl (C=O) groups is 2. The smallest absolute Gasteiger partial charge is 0.264 e. The van der Waals surface area contributed by atoms with E-state index in [1.165, 1.54) is 16.2 Å². The van der Waals surface area contributed by atoms with Crippen LogP contribution in [0.2, 0.25) is 0 Å². The molecule has 112 valence electrons. The topological polar surface area (TPSA) is 84.7 Å². The normalized spacial score (nSPS) is 10.3. The van der Waals surface area contributed by atoms with Gasteiger partial charge in [0.25, 0.3) is 5.91 Å². The molecule has 1 rings (SSSR count). The van der Waals surface area contributed by atoms with Gasteiger partial charge in [-0.05, 0) is 19.4 Å². The maximum absolute atomic E-state index is 12.1. The second-order valence-corrected chi connectivity index (χ2v) is 5.74. The number of ether oxygens (including phenoxy) is 1. The molecule has 2 amide bonds. The van der Waals surface area contributed by atoms with Crippen LogP contribution < -0.4 is 11.1 Å². The van der Waals surface area contributed by atoms with E-state index in [9.17, 15) is 9.59 Å². The van der Waals surface area contributed by atoms with E-state index in [4.69, 9.17) is 10.5 Å². The first-order valence-electron chi connectivity index (χ1n) is 6.32. The number of hydrogen-bond acceptors (Lipinski definition) is 5. The molecule has 0 aliphatic rings. The van der Waals surface area contributed by atoms with Gasteiger partial charge in [-0.25, -0.2) is 0 Å². The van der Waals surface area contributed by atoms with Crippen molar-refractivity contribution in [3.8, 4) is 0 Å². The molecule has 20 heavy (non-hydrogen) atoms. The van der Waals surface area contributed by atoms with Crippen molar-refractivity contribution in [2.24, 2.45) is 0 Å². The van der Waals surface area contributed by atoms with Crippen LogP contribution in [0.5, 0.6) is 0 Å². The van der Waals surface area contributed by atoms with E-state index in [0.717, 1.165) is 11.3 Å². The Hall–Kier alpha value is -1.60. The Morgan fingerprint density at radius 1 is 1.50 bits per heavy atom. The van der Waals surface area contributed by atoms with Gasteiger partial charge in [0.1, 0.15) is 0 Å². The highest BCUT2D eigenvalue weighted by Crippen LogP contribution is 2.24. The number of aryl methyl sites for hydroxylation is 1. The zero-order valence-corrected chi connectivity index (χ0v) is 12.9. The van der Waals surface area contributed by atoms with Gasteiger partial charge in [-0.1, -0.05) is 0 Å². The third-order valence-electron chi connectivity index (χ3n) is 2.74. The summed E-state index contributed by atoms with van der Waals surface area (Å²) in [4.78, 5) is 26.6. The number of nitrogens with one attached hydrogen (secondary N) is 1. The van der Waals surface area contributed by atoms with E-state index in [-0.39, 0.29) is 18.4 Å². The summed E-state index contributed by atoms with van der Waals surface area (Å²) in [5.74, 6) is -0.375. The van der Waals surface area contributed by atoms with Crippen LogP contribution in [0, 0.1) is 6.92 Å². The number of rotatable bonds is 7. The molecule has 3 N–H and O–H groups in total. The van der Waals surface area contributed by atoms with Gasteiger partial charge >= 0.3 is 0 Å². The quantitative estimate of drug-likeness (QED) is 0.731. The van der Waals surface area contributed by atoms with Crippen LogP contribution in [-0.2, 0) is 9.53 Å². The average Bonchev–Trinajstić information content (AvgIpc) is 2.74. The van der Waals surface area contributed by atoms with E-state index >= 15 is 0 Å². The molecule has 0 atom stereocenters. The molecule has 0 fully saturated rings. The number of carbonyl (C=O) groups excluding carboxylic acids is 2. The third-order valence-corrected chi connectivity index (χ3v) is 3.80. The van der Waals surface area contributed by atoms with E-state index in [0.29, 0.717) is 23.7 Å². The van der Waals surface area contributed by atoms with Crippen LogP contribution in [-0.4, -0.2) is 50.6 Å². The maximum atomic E-state index is 12.1. The number of nitrogens with zero attached hydrogens (tertiary/aromatic N) is 1. The number of hydrogen-bond donors (Lipinski definition) is 2. The summed E-state index contributed by atoms with van der Waals surface area (Å²) in [6.07, 6.45) is 0.751. The lowest BCUT2D eigenvalue weighted by molar-refractivity contribution is -0.121. The van der Waals surface area contributed by atoms with Gasteiger partial charge in [-0.3, -0.25) is 9.59 Å². The Morgan fingerprint density at radius 2 is 2.20 bits per heavy atom. The number of likely N-dealkylation sites (N-methyl/N-ethyl adjacent to an activating group) is 1. The Kier molecular flexibility index (Phi) is 6.47. The first-order chi connectivity index (χ1) is 9.45. The van der Waals surface area contributed by atoms with E-state index in [2.05, 4.69) is 5.32 Å². The monoisotopic (exact) mass is 299 g/mol. The third kappa shape index (κ3) is 4.82. The zero-order chi connectivity index (χ0) is 15.1. The number of thiophene rings is 1. The molecule has 6 nitrogen and oxygen atoms in total. The Morgan fingerprint density at radius 3 is 2.75 bits per heavy atom. The van der Waals surface area contributed by atoms with Crippen LogP contribution in [0.25, 0.3) is 0 Å². The van der Waals surface area contributed by atoms with Gasteiger partial charge in [-0.15, -0.1) is 11.3 Å². The van der Waals surface area contributed by atoms with Crippen LogP contribution in [0.15, 0.2) is 6.07 Å². The number of nitrogens with two attached hydrogens (primary N) is 1. The second kappa shape index (κ2) is 7.86. The number of nitrogen functional groups attached to an aromatic ring is 1. The molecule has 0 radical (unpaired) electrons. The molecule has 0 unspecified atom stereocenters. The van der Waals surface area contributed by atoms with Crippen LogP contribution in [0.4, 0.5) is 5.69 Å². The summed E-state index contributed by atoms with van der Waals surface area (Å²) in [5.41, 5.74) is 6.33. The molecule has 1 heterocycles. The Labute approximate surface area is 122 Å². The molecule has 1 aromatic heterocycles. The predicted octanol–water partition coefficient (Wildman–Crippen LogP) is 0.863. The fraction of sp³-hybridized carbons (Fsp3) is 0.538. The van der Waals surface area contributed by atoms with E-state index in [1.54, 1.807) is 20.2 Å². The van der Waals surface area contributed by atoms with Crippen molar-refractivity contribution >= 4 is 28.8 Å². The number of anilines is 1. The minimum absolute atomic E-state index is 0.0304.